The number of anilines is 1. The fraction of sp³-hybridized carbons (Fsp3) is 0. The van der Waals surface area contributed by atoms with Gasteiger partial charge in [-0.25, -0.2) is 18.7 Å². The molecule has 148 valence electrons. The second-order valence-corrected chi connectivity index (χ2v) is 6.36. The zero-order valence-electron chi connectivity index (χ0n) is 15.5. The minimum atomic E-state index is -0.429. The molecule has 0 radical (unpaired) electrons. The molecule has 7 heteroatoms. The third kappa shape index (κ3) is 4.64. The van der Waals surface area contributed by atoms with Gasteiger partial charge in [0.15, 0.2) is 0 Å². The van der Waals surface area contributed by atoms with Crippen molar-refractivity contribution in [3.63, 3.8) is 0 Å². The van der Waals surface area contributed by atoms with Crippen molar-refractivity contribution in [3.05, 3.63) is 102 Å². The van der Waals surface area contributed by atoms with Crippen LogP contribution in [0.5, 0.6) is 11.8 Å². The van der Waals surface area contributed by atoms with Crippen LogP contribution in [0.4, 0.5) is 14.5 Å². The molecule has 4 rings (SSSR count). The van der Waals surface area contributed by atoms with E-state index in [0.717, 1.165) is 5.56 Å². The van der Waals surface area contributed by atoms with Crippen LogP contribution in [0.3, 0.4) is 0 Å². The van der Waals surface area contributed by atoms with Gasteiger partial charge in [-0.1, -0.05) is 18.2 Å². The number of aromatic nitrogens is 2. The predicted molar refractivity (Wildman–Crippen MR) is 108 cm³/mol. The maximum Gasteiger partial charge on any atom is 0.321 e. The summed E-state index contributed by atoms with van der Waals surface area (Å²) in [6, 6.07) is 18.2. The largest absolute Gasteiger partial charge is 0.424 e. The number of carbonyl (C=O) groups is 1. The molecular formula is C23H15F2N3O2. The van der Waals surface area contributed by atoms with Crippen LogP contribution in [0.1, 0.15) is 10.4 Å². The molecule has 5 nitrogen and oxygen atoms in total. The zero-order chi connectivity index (χ0) is 20.9. The van der Waals surface area contributed by atoms with Crippen LogP contribution in [0.15, 0.2) is 85.2 Å². The van der Waals surface area contributed by atoms with Crippen LogP contribution in [0.25, 0.3) is 11.1 Å². The highest BCUT2D eigenvalue weighted by atomic mass is 19.1. The molecule has 0 saturated heterocycles. The van der Waals surface area contributed by atoms with Crippen LogP contribution >= 0.6 is 0 Å². The summed E-state index contributed by atoms with van der Waals surface area (Å²) in [6.45, 7) is 0. The molecular weight excluding hydrogens is 388 g/mol. The molecule has 3 aromatic carbocycles. The standard InChI is InChI=1S/C23H15F2N3O2/c24-18-7-9-21(10-8-18)30-23-26-13-17(14-27-23)15-3-1-4-16(11-15)22(29)28-20-6-2-5-19(25)12-20/h1-14H,(H,28,29). The van der Waals surface area contributed by atoms with E-state index < -0.39 is 5.82 Å². The Hall–Kier alpha value is -4.13. The van der Waals surface area contributed by atoms with Gasteiger partial charge in [-0.15, -0.1) is 0 Å². The van der Waals surface area contributed by atoms with Crippen LogP contribution in [0, 0.1) is 11.6 Å². The fourth-order valence-corrected chi connectivity index (χ4v) is 2.74. The van der Waals surface area contributed by atoms with Crippen molar-refractivity contribution >= 4 is 11.6 Å². The van der Waals surface area contributed by atoms with Gasteiger partial charge in [0, 0.05) is 29.2 Å². The number of carbonyl (C=O) groups excluding carboxylic acids is 1. The first-order valence-electron chi connectivity index (χ1n) is 9.00. The van der Waals surface area contributed by atoms with Crippen molar-refractivity contribution in [1.82, 2.24) is 9.97 Å². The van der Waals surface area contributed by atoms with Gasteiger partial charge in [-0.2, -0.15) is 0 Å². The number of rotatable bonds is 5. The topological polar surface area (TPSA) is 64.1 Å². The predicted octanol–water partition coefficient (Wildman–Crippen LogP) is 5.47. The fourth-order valence-electron chi connectivity index (χ4n) is 2.74. The van der Waals surface area contributed by atoms with E-state index in [1.165, 1.54) is 42.5 Å². The Morgan fingerprint density at radius 1 is 0.800 bits per heavy atom. The first kappa shape index (κ1) is 19.2. The molecule has 0 spiro atoms. The maximum absolute atomic E-state index is 13.3. The van der Waals surface area contributed by atoms with Crippen molar-refractivity contribution in [2.75, 3.05) is 5.32 Å². The lowest BCUT2D eigenvalue weighted by Crippen LogP contribution is -2.12. The number of nitrogens with zero attached hydrogens (tertiary/aromatic N) is 2. The number of amides is 1. The van der Waals surface area contributed by atoms with Gasteiger partial charge in [0.25, 0.3) is 5.91 Å². The van der Waals surface area contributed by atoms with Gasteiger partial charge in [0.05, 0.1) is 0 Å². The zero-order valence-corrected chi connectivity index (χ0v) is 15.5. The molecule has 1 heterocycles. The highest BCUT2D eigenvalue weighted by Crippen LogP contribution is 2.23. The lowest BCUT2D eigenvalue weighted by atomic mass is 10.1. The van der Waals surface area contributed by atoms with E-state index in [2.05, 4.69) is 15.3 Å². The molecule has 0 bridgehead atoms. The average Bonchev–Trinajstić information content (AvgIpc) is 2.76. The second-order valence-electron chi connectivity index (χ2n) is 6.36. The van der Waals surface area contributed by atoms with Crippen LogP contribution in [-0.4, -0.2) is 15.9 Å². The van der Waals surface area contributed by atoms with E-state index in [-0.39, 0.29) is 17.7 Å². The summed E-state index contributed by atoms with van der Waals surface area (Å²) in [6.07, 6.45) is 3.13. The van der Waals surface area contributed by atoms with E-state index in [1.54, 1.807) is 36.7 Å². The van der Waals surface area contributed by atoms with Crippen molar-refractivity contribution in [1.29, 1.82) is 0 Å². The third-order valence-electron chi connectivity index (χ3n) is 4.19. The Morgan fingerprint density at radius 2 is 1.53 bits per heavy atom. The summed E-state index contributed by atoms with van der Waals surface area (Å²) in [7, 11) is 0. The molecule has 0 aliphatic rings. The van der Waals surface area contributed by atoms with Crippen LogP contribution in [0.2, 0.25) is 0 Å². The van der Waals surface area contributed by atoms with Crippen LogP contribution < -0.4 is 10.1 Å². The summed E-state index contributed by atoms with van der Waals surface area (Å²) >= 11 is 0. The van der Waals surface area contributed by atoms with Gasteiger partial charge in [-0.05, 0) is 60.2 Å². The summed E-state index contributed by atoms with van der Waals surface area (Å²) in [5.41, 5.74) is 2.19. The molecule has 4 aromatic rings. The van der Waals surface area contributed by atoms with Gasteiger partial charge in [0.2, 0.25) is 0 Å². The van der Waals surface area contributed by atoms with Crippen molar-refractivity contribution in [2.45, 2.75) is 0 Å². The Morgan fingerprint density at radius 3 is 2.27 bits per heavy atom. The number of hydrogen-bond acceptors (Lipinski definition) is 4. The van der Waals surface area contributed by atoms with Crippen molar-refractivity contribution < 1.29 is 18.3 Å². The van der Waals surface area contributed by atoms with E-state index >= 15 is 0 Å². The minimum absolute atomic E-state index is 0.116. The Bertz CT molecular complexity index is 1180. The third-order valence-corrected chi connectivity index (χ3v) is 4.19. The summed E-state index contributed by atoms with van der Waals surface area (Å²) in [5, 5.41) is 2.66. The van der Waals surface area contributed by atoms with Gasteiger partial charge < -0.3 is 10.1 Å². The summed E-state index contributed by atoms with van der Waals surface area (Å²) in [5.74, 6) is -0.735. The van der Waals surface area contributed by atoms with E-state index in [9.17, 15) is 13.6 Å². The van der Waals surface area contributed by atoms with Crippen molar-refractivity contribution in [2.24, 2.45) is 0 Å². The molecule has 30 heavy (non-hydrogen) atoms. The van der Waals surface area contributed by atoms with Gasteiger partial charge in [0.1, 0.15) is 17.4 Å². The molecule has 1 amide bonds. The van der Waals surface area contributed by atoms with Crippen molar-refractivity contribution in [3.8, 4) is 22.9 Å². The lowest BCUT2D eigenvalue weighted by molar-refractivity contribution is 0.102. The average molecular weight is 403 g/mol. The monoisotopic (exact) mass is 403 g/mol. The highest BCUT2D eigenvalue weighted by molar-refractivity contribution is 6.04. The quantitative estimate of drug-likeness (QED) is 0.480. The van der Waals surface area contributed by atoms with E-state index in [4.69, 9.17) is 4.74 Å². The summed E-state index contributed by atoms with van der Waals surface area (Å²) in [4.78, 5) is 20.8. The number of hydrogen-bond donors (Lipinski definition) is 1. The number of halogens is 2. The number of benzene rings is 3. The normalized spacial score (nSPS) is 10.5. The minimum Gasteiger partial charge on any atom is -0.424 e. The van der Waals surface area contributed by atoms with E-state index in [0.29, 0.717) is 22.6 Å². The van der Waals surface area contributed by atoms with Gasteiger partial charge >= 0.3 is 6.01 Å². The molecule has 0 aliphatic carbocycles. The highest BCUT2D eigenvalue weighted by Gasteiger charge is 2.09. The number of ether oxygens (including phenoxy) is 1. The smallest absolute Gasteiger partial charge is 0.321 e. The SMILES string of the molecule is O=C(Nc1cccc(F)c1)c1cccc(-c2cnc(Oc3ccc(F)cc3)nc2)c1. The van der Waals surface area contributed by atoms with E-state index in [1.807, 2.05) is 6.07 Å². The molecule has 0 saturated carbocycles. The first-order chi connectivity index (χ1) is 14.6. The molecule has 1 aromatic heterocycles. The van der Waals surface area contributed by atoms with Crippen LogP contribution in [-0.2, 0) is 0 Å². The van der Waals surface area contributed by atoms with Gasteiger partial charge in [-0.3, -0.25) is 4.79 Å². The lowest BCUT2D eigenvalue weighted by Gasteiger charge is -2.08. The molecule has 0 aliphatic heterocycles. The number of nitrogens with one attached hydrogen (secondary N) is 1. The molecule has 1 N–H and O–H groups in total. The molecule has 0 fully saturated rings. The second kappa shape index (κ2) is 8.48. The summed E-state index contributed by atoms with van der Waals surface area (Å²) < 4.78 is 31.7. The molecule has 0 atom stereocenters. The Labute approximate surface area is 171 Å². The first-order valence-corrected chi connectivity index (χ1v) is 9.00. The maximum atomic E-state index is 13.3. The Kier molecular flexibility index (Phi) is 5.43. The molecule has 0 unspecified atom stereocenters. The Balaban J connectivity index is 1.49.